The molecule has 0 aromatic carbocycles. The van der Waals surface area contributed by atoms with Crippen LogP contribution in [-0.2, 0) is 14.3 Å². The van der Waals surface area contributed by atoms with Crippen LogP contribution in [0.5, 0.6) is 0 Å². The number of nitrogens with zero attached hydrogens (tertiary/aromatic N) is 2. The van der Waals surface area contributed by atoms with Crippen molar-refractivity contribution < 1.29 is 18.7 Å². The summed E-state index contributed by atoms with van der Waals surface area (Å²) < 4.78 is 16.2. The van der Waals surface area contributed by atoms with E-state index in [-0.39, 0.29) is 18.0 Å². The van der Waals surface area contributed by atoms with Crippen LogP contribution in [0.2, 0.25) is 0 Å². The third-order valence-corrected chi connectivity index (χ3v) is 3.40. The van der Waals surface area contributed by atoms with Crippen molar-refractivity contribution in [2.45, 2.75) is 32.0 Å². The monoisotopic (exact) mass is 306 g/mol. The third kappa shape index (κ3) is 3.52. The molecule has 2 aromatic heterocycles. The summed E-state index contributed by atoms with van der Waals surface area (Å²) in [7, 11) is 0. The van der Waals surface area contributed by atoms with Gasteiger partial charge in [-0.25, -0.2) is 0 Å². The minimum absolute atomic E-state index is 0.0873. The maximum atomic E-state index is 12.0. The Hall–Kier alpha value is -2.19. The SMILES string of the molecule is CC(OCC1CCCO1)C(=O)Nc1n[nH]c(-c2ccco2)n1. The fourth-order valence-corrected chi connectivity index (χ4v) is 2.16. The van der Waals surface area contributed by atoms with Gasteiger partial charge in [0, 0.05) is 6.61 Å². The average molecular weight is 306 g/mol. The Labute approximate surface area is 127 Å². The number of aromatic amines is 1. The van der Waals surface area contributed by atoms with Gasteiger partial charge < -0.3 is 13.9 Å². The lowest BCUT2D eigenvalue weighted by Gasteiger charge is -2.15. The lowest BCUT2D eigenvalue weighted by Crippen LogP contribution is -2.30. The molecule has 1 aliphatic heterocycles. The Kier molecular flexibility index (Phi) is 4.50. The molecule has 2 N–H and O–H groups in total. The van der Waals surface area contributed by atoms with Gasteiger partial charge in [-0.1, -0.05) is 0 Å². The number of carbonyl (C=O) groups is 1. The smallest absolute Gasteiger partial charge is 0.255 e. The highest BCUT2D eigenvalue weighted by molar-refractivity contribution is 5.92. The van der Waals surface area contributed by atoms with E-state index in [0.29, 0.717) is 18.2 Å². The van der Waals surface area contributed by atoms with Crippen molar-refractivity contribution in [1.82, 2.24) is 15.2 Å². The van der Waals surface area contributed by atoms with Crippen LogP contribution in [0.4, 0.5) is 5.95 Å². The van der Waals surface area contributed by atoms with Crippen LogP contribution >= 0.6 is 0 Å². The second-order valence-electron chi connectivity index (χ2n) is 5.08. The molecule has 3 heterocycles. The standard InChI is InChI=1S/C14H18N4O4/c1-9(22-8-10-4-2-6-20-10)13(19)16-14-15-12(17-18-14)11-5-3-7-21-11/h3,5,7,9-10H,2,4,6,8H2,1H3,(H2,15,16,17,18,19). The number of carbonyl (C=O) groups excluding carboxylic acids is 1. The molecular formula is C14H18N4O4. The third-order valence-electron chi connectivity index (χ3n) is 3.40. The quantitative estimate of drug-likeness (QED) is 0.840. The Bertz CT molecular complexity index is 604. The summed E-state index contributed by atoms with van der Waals surface area (Å²) in [6.07, 6.45) is 3.04. The second kappa shape index (κ2) is 6.71. The number of amides is 1. The molecule has 0 spiro atoms. The number of hydrogen-bond acceptors (Lipinski definition) is 6. The van der Waals surface area contributed by atoms with Crippen molar-refractivity contribution in [2.75, 3.05) is 18.5 Å². The molecule has 2 atom stereocenters. The Morgan fingerprint density at radius 3 is 3.27 bits per heavy atom. The van der Waals surface area contributed by atoms with Crippen LogP contribution in [0, 0.1) is 0 Å². The molecule has 1 saturated heterocycles. The van der Waals surface area contributed by atoms with E-state index in [1.54, 1.807) is 19.1 Å². The van der Waals surface area contributed by atoms with Gasteiger partial charge in [0.2, 0.25) is 5.95 Å². The largest absolute Gasteiger partial charge is 0.461 e. The highest BCUT2D eigenvalue weighted by Crippen LogP contribution is 2.16. The normalized spacial score (nSPS) is 19.2. The molecule has 118 valence electrons. The molecule has 0 radical (unpaired) electrons. The Morgan fingerprint density at radius 2 is 2.55 bits per heavy atom. The molecule has 1 amide bonds. The van der Waals surface area contributed by atoms with Crippen LogP contribution in [0.1, 0.15) is 19.8 Å². The van der Waals surface area contributed by atoms with Gasteiger partial charge in [0.25, 0.3) is 5.91 Å². The Morgan fingerprint density at radius 1 is 1.64 bits per heavy atom. The van der Waals surface area contributed by atoms with Gasteiger partial charge in [0.05, 0.1) is 19.0 Å². The number of anilines is 1. The number of rotatable bonds is 6. The van der Waals surface area contributed by atoms with Crippen molar-refractivity contribution in [2.24, 2.45) is 0 Å². The summed E-state index contributed by atoms with van der Waals surface area (Å²) >= 11 is 0. The lowest BCUT2D eigenvalue weighted by atomic mass is 10.2. The predicted molar refractivity (Wildman–Crippen MR) is 77.1 cm³/mol. The van der Waals surface area contributed by atoms with E-state index in [1.165, 1.54) is 6.26 Å². The van der Waals surface area contributed by atoms with Crippen molar-refractivity contribution in [3.8, 4) is 11.6 Å². The molecule has 0 bridgehead atoms. The van der Waals surface area contributed by atoms with Crippen molar-refractivity contribution in [1.29, 1.82) is 0 Å². The van der Waals surface area contributed by atoms with Crippen LogP contribution < -0.4 is 5.32 Å². The van der Waals surface area contributed by atoms with E-state index in [2.05, 4.69) is 20.5 Å². The number of ether oxygens (including phenoxy) is 2. The minimum atomic E-state index is -0.602. The molecular weight excluding hydrogens is 288 g/mol. The van der Waals surface area contributed by atoms with Gasteiger partial charge in [0.1, 0.15) is 6.10 Å². The van der Waals surface area contributed by atoms with E-state index >= 15 is 0 Å². The zero-order valence-corrected chi connectivity index (χ0v) is 12.2. The number of H-pyrrole nitrogens is 1. The maximum Gasteiger partial charge on any atom is 0.255 e. The van der Waals surface area contributed by atoms with E-state index in [9.17, 15) is 4.79 Å². The van der Waals surface area contributed by atoms with Crippen LogP contribution in [0.25, 0.3) is 11.6 Å². The first-order chi connectivity index (χ1) is 10.7. The molecule has 0 saturated carbocycles. The maximum absolute atomic E-state index is 12.0. The highest BCUT2D eigenvalue weighted by atomic mass is 16.5. The summed E-state index contributed by atoms with van der Waals surface area (Å²) in [6, 6.07) is 3.50. The van der Waals surface area contributed by atoms with E-state index in [1.807, 2.05) is 0 Å². The number of hydrogen-bond donors (Lipinski definition) is 2. The molecule has 2 aromatic rings. The number of nitrogens with one attached hydrogen (secondary N) is 2. The van der Waals surface area contributed by atoms with Gasteiger partial charge in [-0.2, -0.15) is 4.98 Å². The lowest BCUT2D eigenvalue weighted by molar-refractivity contribution is -0.128. The van der Waals surface area contributed by atoms with Crippen LogP contribution in [0.15, 0.2) is 22.8 Å². The van der Waals surface area contributed by atoms with Crippen molar-refractivity contribution >= 4 is 11.9 Å². The molecule has 8 heteroatoms. The van der Waals surface area contributed by atoms with Crippen LogP contribution in [0.3, 0.4) is 0 Å². The molecule has 2 unspecified atom stereocenters. The summed E-state index contributed by atoms with van der Waals surface area (Å²) in [5.74, 6) is 0.885. The second-order valence-corrected chi connectivity index (χ2v) is 5.08. The first-order valence-corrected chi connectivity index (χ1v) is 7.22. The summed E-state index contributed by atoms with van der Waals surface area (Å²) in [4.78, 5) is 16.2. The fourth-order valence-electron chi connectivity index (χ4n) is 2.16. The van der Waals surface area contributed by atoms with Gasteiger partial charge in [0.15, 0.2) is 11.6 Å². The highest BCUT2D eigenvalue weighted by Gasteiger charge is 2.21. The average Bonchev–Trinajstić information content (AvgIpc) is 3.25. The molecule has 8 nitrogen and oxygen atoms in total. The van der Waals surface area contributed by atoms with Gasteiger partial charge in [-0.3, -0.25) is 15.2 Å². The van der Waals surface area contributed by atoms with Crippen molar-refractivity contribution in [3.63, 3.8) is 0 Å². The number of aromatic nitrogens is 3. The summed E-state index contributed by atoms with van der Waals surface area (Å²) in [6.45, 7) is 2.87. The summed E-state index contributed by atoms with van der Waals surface area (Å²) in [5, 5.41) is 9.22. The first-order valence-electron chi connectivity index (χ1n) is 7.22. The number of furan rings is 1. The van der Waals surface area contributed by atoms with Crippen LogP contribution in [-0.4, -0.2) is 46.5 Å². The molecule has 22 heavy (non-hydrogen) atoms. The van der Waals surface area contributed by atoms with E-state index in [0.717, 1.165) is 19.4 Å². The predicted octanol–water partition coefficient (Wildman–Crippen LogP) is 1.59. The van der Waals surface area contributed by atoms with E-state index in [4.69, 9.17) is 13.9 Å². The molecule has 0 aliphatic carbocycles. The summed E-state index contributed by atoms with van der Waals surface area (Å²) in [5.41, 5.74) is 0. The zero-order valence-electron chi connectivity index (χ0n) is 12.2. The minimum Gasteiger partial charge on any atom is -0.461 e. The van der Waals surface area contributed by atoms with E-state index < -0.39 is 6.10 Å². The topological polar surface area (TPSA) is 102 Å². The van der Waals surface area contributed by atoms with Gasteiger partial charge in [-0.05, 0) is 31.9 Å². The molecule has 1 aliphatic rings. The van der Waals surface area contributed by atoms with Gasteiger partial charge in [-0.15, -0.1) is 5.10 Å². The zero-order chi connectivity index (χ0) is 15.4. The molecule has 3 rings (SSSR count). The van der Waals surface area contributed by atoms with Gasteiger partial charge >= 0.3 is 0 Å². The molecule has 1 fully saturated rings. The first kappa shape index (κ1) is 14.7. The Balaban J connectivity index is 1.50. The fraction of sp³-hybridized carbons (Fsp3) is 0.500. The van der Waals surface area contributed by atoms with Crippen molar-refractivity contribution in [3.05, 3.63) is 18.4 Å².